The maximum absolute atomic E-state index is 6.41. The molecule has 0 radical (unpaired) electrons. The molecule has 0 saturated carbocycles. The third kappa shape index (κ3) is 11.5. The predicted molar refractivity (Wildman–Crippen MR) is 578 cm³/mol. The number of nitrogens with zero attached hydrogens (tertiary/aromatic N) is 9. The Morgan fingerprint density at radius 3 is 1.27 bits per heavy atom. The zero-order chi connectivity index (χ0) is 90.7. The Morgan fingerprint density at radius 1 is 0.246 bits per heavy atom. The SMILES string of the molecule is CC1(C)c2ccccc2-c2c1c1c3ccccc3ccc1c1c3ccccc3n(-c3nc(-c4ccccc4)c4ccc5ccccc5c4n3)c21.c1ccc(-c2nc(-n3c4ccccc4c4ccc5c6cc7c(cc6ccc5c43)sc3ccccc37)nc3ccccc23)cc1.c1ccc(-c2nc(-n3c4ccccc4c4ccc5c6ccc7c8ccccc8oc7c6ccc5c43)nc3ccccc23)cc1. The third-order valence-corrected chi connectivity index (χ3v) is 30.3. The highest BCUT2D eigenvalue weighted by molar-refractivity contribution is 7.25. The zero-order valence-corrected chi connectivity index (χ0v) is 75.6. The van der Waals surface area contributed by atoms with Crippen LogP contribution in [0.15, 0.2) is 435 Å². The molecule has 8 heterocycles. The number of fused-ring (bicyclic) bond motifs is 38. The van der Waals surface area contributed by atoms with Crippen molar-refractivity contribution < 1.29 is 4.42 Å². The van der Waals surface area contributed by atoms with Crippen molar-refractivity contribution in [1.29, 1.82) is 0 Å². The average Bonchev–Trinajstić information content (AvgIpc) is 1.51. The summed E-state index contributed by atoms with van der Waals surface area (Å²) in [5, 5.41) is 32.3. The highest BCUT2D eigenvalue weighted by Gasteiger charge is 2.41. The lowest BCUT2D eigenvalue weighted by Crippen LogP contribution is -2.15. The minimum atomic E-state index is -0.223. The number of thiophene rings is 1. The molecule has 0 fully saturated rings. The Bertz CT molecular complexity index is 10500. The van der Waals surface area contributed by atoms with E-state index in [4.69, 9.17) is 34.3 Å². The predicted octanol–water partition coefficient (Wildman–Crippen LogP) is 33.8. The van der Waals surface area contributed by atoms with Crippen LogP contribution in [0.2, 0.25) is 0 Å². The summed E-state index contributed by atoms with van der Waals surface area (Å²) in [6.45, 7) is 4.79. The van der Waals surface area contributed by atoms with Crippen molar-refractivity contribution in [2.75, 3.05) is 0 Å². The fourth-order valence-corrected chi connectivity index (χ4v) is 24.2. The molecule has 0 atom stereocenters. The summed E-state index contributed by atoms with van der Waals surface area (Å²) >= 11 is 1.87. The van der Waals surface area contributed by atoms with E-state index < -0.39 is 0 Å². The van der Waals surface area contributed by atoms with E-state index in [0.29, 0.717) is 17.8 Å². The van der Waals surface area contributed by atoms with Crippen molar-refractivity contribution in [1.82, 2.24) is 43.6 Å². The van der Waals surface area contributed by atoms with Crippen LogP contribution in [0, 0.1) is 0 Å². The van der Waals surface area contributed by atoms with Gasteiger partial charge in [-0.15, -0.1) is 11.3 Å². The number of hydrogen-bond acceptors (Lipinski definition) is 8. The Balaban J connectivity index is 0.000000100. The Morgan fingerprint density at radius 2 is 0.652 bits per heavy atom. The summed E-state index contributed by atoms with van der Waals surface area (Å²) in [4.78, 5) is 32.0. The normalized spacial score (nSPS) is 12.6. The number of hydrogen-bond donors (Lipinski definition) is 0. The highest BCUT2D eigenvalue weighted by atomic mass is 32.1. The van der Waals surface area contributed by atoms with E-state index in [2.05, 4.69) is 428 Å². The quantitative estimate of drug-likeness (QED) is 0.153. The lowest BCUT2D eigenvalue weighted by atomic mass is 9.78. The molecule has 0 N–H and O–H groups in total. The van der Waals surface area contributed by atoms with E-state index in [-0.39, 0.29) is 5.41 Å². The Hall–Kier alpha value is -17.9. The standard InChI is InChI=1S/C47H31N3.C40H23N3O.C40H23N3S/c1-47(2)37-22-12-10-20-33(37)41-42(47)39-31-18-8-6-14-28(31)24-26-35(39)40-34-21-11-13-23-38(34)50(45(40)41)46-48-43(30-16-4-3-5-17-30)36-27-25-29-15-7-9-19-32(29)44(36)49-46;1-2-10-24(11-3-1)37-33-14-4-7-15-34(33)41-40(42-37)43-35-16-8-5-12-27(35)30-20-18-25-26-19-22-32-28-13-6-9-17-36(28)44-39(32)31(26)23-21-29(25)38(30)43;1-2-10-24(11-3-1)38-31-14-4-7-15-34(31)41-40(42-38)43-35-16-8-5-12-27(35)30-21-20-26-29(39(30)43)19-18-25-22-37-33(23-32(25)26)28-13-6-9-17-36(28)44-37/h3-27H,1-2H3;2*1-23H. The van der Waals surface area contributed by atoms with Crippen LogP contribution in [0.5, 0.6) is 0 Å². The van der Waals surface area contributed by atoms with E-state index in [0.717, 1.165) is 138 Å². The van der Waals surface area contributed by atoms with Crippen molar-refractivity contribution in [3.63, 3.8) is 0 Å². The summed E-state index contributed by atoms with van der Waals surface area (Å²) in [7, 11) is 0. The molecule has 22 aromatic carbocycles. The van der Waals surface area contributed by atoms with Crippen molar-refractivity contribution >= 4 is 227 Å². The first-order valence-electron chi connectivity index (χ1n) is 47.0. The second-order valence-electron chi connectivity index (χ2n) is 36.9. The van der Waals surface area contributed by atoms with Crippen LogP contribution >= 0.6 is 11.3 Å². The molecule has 0 spiro atoms. The van der Waals surface area contributed by atoms with Crippen molar-refractivity contribution in [2.45, 2.75) is 19.3 Å². The minimum absolute atomic E-state index is 0.223. The van der Waals surface area contributed by atoms with Gasteiger partial charge in [0.2, 0.25) is 17.8 Å². The van der Waals surface area contributed by atoms with Gasteiger partial charge in [-0.1, -0.05) is 372 Å². The summed E-state index contributed by atoms with van der Waals surface area (Å²) in [5.74, 6) is 2.03. The van der Waals surface area contributed by atoms with Gasteiger partial charge in [0.1, 0.15) is 11.2 Å². The fraction of sp³-hybridized carbons (Fsp3) is 0.0236. The topological polar surface area (TPSA) is 105 Å². The molecule has 30 aromatic rings. The largest absolute Gasteiger partial charge is 0.455 e. The van der Waals surface area contributed by atoms with E-state index in [9.17, 15) is 0 Å². The van der Waals surface area contributed by atoms with Gasteiger partial charge in [0.25, 0.3) is 0 Å². The van der Waals surface area contributed by atoms with Gasteiger partial charge in [-0.25, -0.2) is 29.9 Å². The molecule has 31 rings (SSSR count). The van der Waals surface area contributed by atoms with Gasteiger partial charge in [0.05, 0.1) is 66.7 Å². The average molecular weight is 1780 g/mol. The van der Waals surface area contributed by atoms with Crippen LogP contribution in [-0.4, -0.2) is 43.6 Å². The number of furan rings is 1. The Kier molecular flexibility index (Phi) is 16.9. The fourth-order valence-electron chi connectivity index (χ4n) is 23.0. The number of para-hydroxylation sites is 6. The zero-order valence-electron chi connectivity index (χ0n) is 74.8. The molecule has 0 bridgehead atoms. The molecule has 11 heteroatoms. The third-order valence-electron chi connectivity index (χ3n) is 29.1. The van der Waals surface area contributed by atoms with Crippen LogP contribution in [0.25, 0.3) is 278 Å². The maximum atomic E-state index is 6.41. The minimum Gasteiger partial charge on any atom is -0.455 e. The first kappa shape index (κ1) is 77.7. The van der Waals surface area contributed by atoms with E-state index in [1.54, 1.807) is 0 Å². The molecule has 0 amide bonds. The van der Waals surface area contributed by atoms with Crippen LogP contribution in [0.1, 0.15) is 25.0 Å². The second kappa shape index (κ2) is 30.1. The Labute approximate surface area is 793 Å². The van der Waals surface area contributed by atoms with Crippen molar-refractivity contribution in [3.8, 4) is 62.7 Å². The monoisotopic (exact) mass is 1780 g/mol. The van der Waals surface area contributed by atoms with Crippen LogP contribution in [0.3, 0.4) is 0 Å². The van der Waals surface area contributed by atoms with Gasteiger partial charge in [0, 0.05) is 129 Å². The van der Waals surface area contributed by atoms with Crippen LogP contribution < -0.4 is 0 Å². The van der Waals surface area contributed by atoms with Gasteiger partial charge in [0.15, 0.2) is 0 Å². The maximum Gasteiger partial charge on any atom is 0.235 e. The van der Waals surface area contributed by atoms with E-state index >= 15 is 0 Å². The summed E-state index contributed by atoms with van der Waals surface area (Å²) in [5.41, 5.74) is 22.4. The molecule has 138 heavy (non-hydrogen) atoms. The molecule has 10 nitrogen and oxygen atoms in total. The lowest BCUT2D eigenvalue weighted by Gasteiger charge is -2.24. The molecule has 642 valence electrons. The van der Waals surface area contributed by atoms with Gasteiger partial charge in [-0.3, -0.25) is 13.7 Å². The highest BCUT2D eigenvalue weighted by Crippen LogP contribution is 2.58. The van der Waals surface area contributed by atoms with Crippen LogP contribution in [-0.2, 0) is 5.41 Å². The summed E-state index contributed by atoms with van der Waals surface area (Å²) < 4.78 is 16.0. The van der Waals surface area contributed by atoms with Gasteiger partial charge in [-0.05, 0) is 143 Å². The first-order valence-corrected chi connectivity index (χ1v) is 47.9. The molecule has 0 saturated heterocycles. The second-order valence-corrected chi connectivity index (χ2v) is 38.0. The molecule has 1 aliphatic rings. The van der Waals surface area contributed by atoms with Gasteiger partial charge in [-0.2, -0.15) is 0 Å². The smallest absolute Gasteiger partial charge is 0.235 e. The lowest BCUT2D eigenvalue weighted by molar-refractivity contribution is 0.667. The van der Waals surface area contributed by atoms with E-state index in [1.807, 2.05) is 41.7 Å². The van der Waals surface area contributed by atoms with Gasteiger partial charge < -0.3 is 4.42 Å². The van der Waals surface area contributed by atoms with Crippen molar-refractivity contribution in [2.24, 2.45) is 0 Å². The summed E-state index contributed by atoms with van der Waals surface area (Å²) in [6.07, 6.45) is 0. The van der Waals surface area contributed by atoms with Gasteiger partial charge >= 0.3 is 0 Å². The van der Waals surface area contributed by atoms with E-state index in [1.165, 1.54) is 134 Å². The number of rotatable bonds is 6. The molecule has 0 unspecified atom stereocenters. The van der Waals surface area contributed by atoms with Crippen molar-refractivity contribution in [3.05, 3.63) is 442 Å². The molecular formula is C127H77N9OS. The number of aromatic nitrogens is 9. The molecular weight excluding hydrogens is 1700 g/mol. The first-order chi connectivity index (χ1) is 68.2. The molecule has 0 aliphatic heterocycles. The number of benzene rings is 22. The van der Waals surface area contributed by atoms with Crippen LogP contribution in [0.4, 0.5) is 0 Å². The molecule has 8 aromatic heterocycles. The molecule has 1 aliphatic carbocycles. The summed E-state index contributed by atoms with van der Waals surface area (Å²) in [6, 6.07) is 154.